The number of rotatable bonds is 4. The molecule has 0 spiro atoms. The van der Waals surface area contributed by atoms with Crippen molar-refractivity contribution in [2.75, 3.05) is 18.5 Å². The third-order valence-electron chi connectivity index (χ3n) is 3.38. The number of hydrogen-bond acceptors (Lipinski definition) is 3. The minimum absolute atomic E-state index is 0.108. The summed E-state index contributed by atoms with van der Waals surface area (Å²) in [5, 5.41) is 9.32. The average Bonchev–Trinajstić information content (AvgIpc) is 2.26. The number of anilines is 1. The largest absolute Gasteiger partial charge is 0.393 e. The number of aliphatic hydroxyl groups excluding tert-OH is 1. The van der Waals surface area contributed by atoms with E-state index < -0.39 is 0 Å². The van der Waals surface area contributed by atoms with Crippen LogP contribution in [0.1, 0.15) is 18.4 Å². The Hall–Kier alpha value is -0.650. The van der Waals surface area contributed by atoms with Crippen LogP contribution in [0.2, 0.25) is 0 Å². The Kier molecular flexibility index (Phi) is 4.25. The minimum atomic E-state index is -0.108. The van der Waals surface area contributed by atoms with Crippen molar-refractivity contribution >= 4 is 38.8 Å². The Balaban J connectivity index is 2.13. The predicted molar refractivity (Wildman–Crippen MR) is 82.0 cm³/mol. The molecule has 0 bridgehead atoms. The lowest BCUT2D eigenvalue weighted by Gasteiger charge is -2.35. The van der Waals surface area contributed by atoms with Crippen LogP contribution in [0.3, 0.4) is 0 Å². The molecule has 0 saturated heterocycles. The molecule has 3 N–H and O–H groups in total. The van der Waals surface area contributed by atoms with Gasteiger partial charge in [-0.25, -0.2) is 0 Å². The van der Waals surface area contributed by atoms with E-state index in [0.29, 0.717) is 10.9 Å². The van der Waals surface area contributed by atoms with Gasteiger partial charge in [0.25, 0.3) is 0 Å². The van der Waals surface area contributed by atoms with Crippen LogP contribution in [-0.4, -0.2) is 29.8 Å². The summed E-state index contributed by atoms with van der Waals surface area (Å²) >= 11 is 8.52. The van der Waals surface area contributed by atoms with Gasteiger partial charge >= 0.3 is 0 Å². The lowest BCUT2D eigenvalue weighted by molar-refractivity contribution is 0.0465. The maximum absolute atomic E-state index is 9.32. The van der Waals surface area contributed by atoms with E-state index in [4.69, 9.17) is 18.0 Å². The van der Waals surface area contributed by atoms with Gasteiger partial charge in [-0.1, -0.05) is 28.1 Å². The van der Waals surface area contributed by atoms with Crippen LogP contribution in [-0.2, 0) is 0 Å². The van der Waals surface area contributed by atoms with Gasteiger partial charge < -0.3 is 15.7 Å². The van der Waals surface area contributed by atoms with E-state index in [1.54, 1.807) is 0 Å². The van der Waals surface area contributed by atoms with Gasteiger partial charge in [-0.05, 0) is 37.0 Å². The standard InChI is InChI=1S/C13H17BrN2OS/c1-16(7-8-4-10(17)5-8)12-3-2-9(14)6-11(12)13(15)18/h2-3,6,8,10,17H,4-5,7H2,1H3,(H2,15,18). The van der Waals surface area contributed by atoms with Crippen molar-refractivity contribution in [3.05, 3.63) is 28.2 Å². The summed E-state index contributed by atoms with van der Waals surface area (Å²) in [7, 11) is 2.04. The van der Waals surface area contributed by atoms with Gasteiger partial charge in [0.2, 0.25) is 0 Å². The van der Waals surface area contributed by atoms with Crippen LogP contribution in [0.5, 0.6) is 0 Å². The molecule has 1 aliphatic rings. The number of halogens is 1. The Labute approximate surface area is 121 Å². The lowest BCUT2D eigenvalue weighted by Crippen LogP contribution is -2.37. The molecule has 0 unspecified atom stereocenters. The highest BCUT2D eigenvalue weighted by Gasteiger charge is 2.28. The number of thiocarbonyl (C=S) groups is 1. The second-order valence-electron chi connectivity index (χ2n) is 4.90. The second kappa shape index (κ2) is 5.55. The fraction of sp³-hybridized carbons (Fsp3) is 0.462. The molecule has 98 valence electrons. The molecule has 0 aromatic heterocycles. The zero-order chi connectivity index (χ0) is 13.3. The zero-order valence-electron chi connectivity index (χ0n) is 10.3. The first-order valence-electron chi connectivity index (χ1n) is 5.96. The fourth-order valence-corrected chi connectivity index (χ4v) is 2.90. The van der Waals surface area contributed by atoms with E-state index in [2.05, 4.69) is 20.8 Å². The van der Waals surface area contributed by atoms with Gasteiger partial charge in [0, 0.05) is 29.3 Å². The topological polar surface area (TPSA) is 49.5 Å². The Morgan fingerprint density at radius 3 is 2.78 bits per heavy atom. The average molecular weight is 329 g/mol. The molecule has 18 heavy (non-hydrogen) atoms. The van der Waals surface area contributed by atoms with Crippen molar-refractivity contribution in [2.45, 2.75) is 18.9 Å². The molecule has 0 atom stereocenters. The summed E-state index contributed by atoms with van der Waals surface area (Å²) in [6.07, 6.45) is 1.68. The summed E-state index contributed by atoms with van der Waals surface area (Å²) in [6, 6.07) is 5.96. The Bertz CT molecular complexity index is 460. The normalized spacial score (nSPS) is 22.4. The lowest BCUT2D eigenvalue weighted by atomic mass is 9.82. The van der Waals surface area contributed by atoms with Crippen LogP contribution >= 0.6 is 28.1 Å². The molecule has 5 heteroatoms. The zero-order valence-corrected chi connectivity index (χ0v) is 12.7. The maximum Gasteiger partial charge on any atom is 0.106 e. The number of nitrogens with two attached hydrogens (primary N) is 1. The highest BCUT2D eigenvalue weighted by atomic mass is 79.9. The van der Waals surface area contributed by atoms with Gasteiger partial charge in [-0.15, -0.1) is 0 Å². The number of aliphatic hydroxyl groups is 1. The molecule has 1 aromatic rings. The van der Waals surface area contributed by atoms with Gasteiger partial charge in [-0.3, -0.25) is 0 Å². The van der Waals surface area contributed by atoms with Crippen molar-refractivity contribution in [2.24, 2.45) is 11.7 Å². The number of hydrogen-bond donors (Lipinski definition) is 2. The third-order valence-corrected chi connectivity index (χ3v) is 4.09. The SMILES string of the molecule is CN(CC1CC(O)C1)c1ccc(Br)cc1C(N)=S. The molecule has 3 nitrogen and oxygen atoms in total. The van der Waals surface area contributed by atoms with Gasteiger partial charge in [0.05, 0.1) is 6.10 Å². The van der Waals surface area contributed by atoms with Crippen LogP contribution < -0.4 is 10.6 Å². The quantitative estimate of drug-likeness (QED) is 0.832. The summed E-state index contributed by atoms with van der Waals surface area (Å²) in [6.45, 7) is 0.925. The highest BCUT2D eigenvalue weighted by molar-refractivity contribution is 9.10. The molecule has 0 aliphatic heterocycles. The summed E-state index contributed by atoms with van der Waals surface area (Å²) in [5.74, 6) is 0.563. The van der Waals surface area contributed by atoms with Gasteiger partial charge in [0.15, 0.2) is 0 Å². The van der Waals surface area contributed by atoms with Crippen LogP contribution in [0.15, 0.2) is 22.7 Å². The smallest absolute Gasteiger partial charge is 0.106 e. The molecule has 1 fully saturated rings. The molecule has 1 aromatic carbocycles. The summed E-state index contributed by atoms with van der Waals surface area (Å²) in [4.78, 5) is 2.57. The number of benzene rings is 1. The molecule has 0 amide bonds. The summed E-state index contributed by atoms with van der Waals surface area (Å²) < 4.78 is 0.974. The van der Waals surface area contributed by atoms with Gasteiger partial charge in [0.1, 0.15) is 4.99 Å². The van der Waals surface area contributed by atoms with Crippen molar-refractivity contribution in [3.8, 4) is 0 Å². The molecule has 0 radical (unpaired) electrons. The van der Waals surface area contributed by atoms with E-state index in [1.807, 2.05) is 25.2 Å². The molecule has 0 heterocycles. The van der Waals surface area contributed by atoms with Crippen molar-refractivity contribution < 1.29 is 5.11 Å². The van der Waals surface area contributed by atoms with E-state index in [0.717, 1.165) is 35.1 Å². The van der Waals surface area contributed by atoms with E-state index in [1.165, 1.54) is 0 Å². The molecule has 1 saturated carbocycles. The van der Waals surface area contributed by atoms with E-state index in [9.17, 15) is 5.11 Å². The maximum atomic E-state index is 9.32. The van der Waals surface area contributed by atoms with Crippen molar-refractivity contribution in [1.82, 2.24) is 0 Å². The molecule has 2 rings (SSSR count). The molecular formula is C13H17BrN2OS. The first-order chi connectivity index (χ1) is 8.47. The van der Waals surface area contributed by atoms with Crippen LogP contribution in [0, 0.1) is 5.92 Å². The van der Waals surface area contributed by atoms with Crippen molar-refractivity contribution in [1.29, 1.82) is 0 Å². The van der Waals surface area contributed by atoms with Crippen molar-refractivity contribution in [3.63, 3.8) is 0 Å². The first kappa shape index (κ1) is 13.8. The Morgan fingerprint density at radius 2 is 2.22 bits per heavy atom. The second-order valence-corrected chi connectivity index (χ2v) is 6.25. The van der Waals surface area contributed by atoms with Crippen LogP contribution in [0.25, 0.3) is 0 Å². The molecular weight excluding hydrogens is 312 g/mol. The third kappa shape index (κ3) is 3.02. The minimum Gasteiger partial charge on any atom is -0.393 e. The van der Waals surface area contributed by atoms with Gasteiger partial charge in [-0.2, -0.15) is 0 Å². The first-order valence-corrected chi connectivity index (χ1v) is 7.16. The molecule has 1 aliphatic carbocycles. The fourth-order valence-electron chi connectivity index (χ4n) is 2.37. The predicted octanol–water partition coefficient (Wildman–Crippen LogP) is 2.29. The Morgan fingerprint density at radius 1 is 1.56 bits per heavy atom. The summed E-state index contributed by atoms with van der Waals surface area (Å²) in [5.41, 5.74) is 7.70. The highest BCUT2D eigenvalue weighted by Crippen LogP contribution is 2.30. The van der Waals surface area contributed by atoms with E-state index in [-0.39, 0.29) is 6.10 Å². The van der Waals surface area contributed by atoms with Crippen LogP contribution in [0.4, 0.5) is 5.69 Å². The van der Waals surface area contributed by atoms with E-state index >= 15 is 0 Å². The monoisotopic (exact) mass is 328 g/mol. The number of nitrogens with zero attached hydrogens (tertiary/aromatic N) is 1.